The molecule has 0 unspecified atom stereocenters. The van der Waals surface area contributed by atoms with Crippen LogP contribution in [-0.4, -0.2) is 29.0 Å². The predicted molar refractivity (Wildman–Crippen MR) is 102 cm³/mol. The highest BCUT2D eigenvalue weighted by Crippen LogP contribution is 2.27. The maximum Gasteiger partial charge on any atom is 0.327 e. The van der Waals surface area contributed by atoms with Crippen LogP contribution in [0.15, 0.2) is 52.1 Å². The van der Waals surface area contributed by atoms with Gasteiger partial charge in [0.15, 0.2) is 0 Å². The average Bonchev–Trinajstić information content (AvgIpc) is 2.64. The minimum absolute atomic E-state index is 0.0512. The number of aromatic amines is 1. The van der Waals surface area contributed by atoms with Crippen LogP contribution in [0.25, 0.3) is 10.8 Å². The van der Waals surface area contributed by atoms with Crippen LogP contribution in [-0.2, 0) is 16.1 Å². The average molecular weight is 409 g/mol. The summed E-state index contributed by atoms with van der Waals surface area (Å²) in [4.78, 5) is 36.3. The lowest BCUT2D eigenvalue weighted by Gasteiger charge is -2.10. The van der Waals surface area contributed by atoms with Crippen molar-refractivity contribution >= 4 is 39.9 Å². The Balaban J connectivity index is 1.58. The number of benzene rings is 2. The Kier molecular flexibility index (Phi) is 5.83. The Labute approximate surface area is 163 Å². The quantitative estimate of drug-likeness (QED) is 0.499. The van der Waals surface area contributed by atoms with E-state index in [9.17, 15) is 14.4 Å². The van der Waals surface area contributed by atoms with E-state index in [1.54, 1.807) is 24.3 Å². The number of nitrogens with one attached hydrogen (secondary N) is 1. The molecule has 140 valence electrons. The van der Waals surface area contributed by atoms with Crippen molar-refractivity contribution in [2.75, 3.05) is 13.2 Å². The number of rotatable bonds is 6. The van der Waals surface area contributed by atoms with Gasteiger partial charge in [0.2, 0.25) is 0 Å². The number of halogens is 2. The van der Waals surface area contributed by atoms with E-state index in [2.05, 4.69) is 5.10 Å². The summed E-state index contributed by atoms with van der Waals surface area (Å²) >= 11 is 11.8. The third kappa shape index (κ3) is 4.50. The molecule has 7 nitrogen and oxygen atoms in total. The van der Waals surface area contributed by atoms with Crippen LogP contribution in [0, 0.1) is 0 Å². The number of aromatic nitrogens is 2. The van der Waals surface area contributed by atoms with Crippen LogP contribution < -0.4 is 15.9 Å². The second-order valence-corrected chi connectivity index (χ2v) is 6.37. The van der Waals surface area contributed by atoms with Crippen LogP contribution in [0.4, 0.5) is 0 Å². The summed E-state index contributed by atoms with van der Waals surface area (Å²) in [7, 11) is 0. The highest BCUT2D eigenvalue weighted by atomic mass is 35.5. The number of carbonyl (C=O) groups excluding carboxylic acids is 1. The van der Waals surface area contributed by atoms with Crippen molar-refractivity contribution in [3.63, 3.8) is 0 Å². The summed E-state index contributed by atoms with van der Waals surface area (Å²) in [6.45, 7) is -0.402. The fourth-order valence-corrected chi connectivity index (χ4v) is 2.90. The molecule has 1 heterocycles. The Hall–Kier alpha value is -2.77. The standard InChI is InChI=1S/C18H14Cl2N2O5/c19-11-5-6-15(14(20)9-11)26-7-8-27-16(23)10-22-18(25)13-4-2-1-3-12(13)17(24)21-22/h1-6,9H,7-8,10H2,(H,21,24). The molecule has 0 saturated carbocycles. The lowest BCUT2D eigenvalue weighted by Crippen LogP contribution is -2.33. The molecular formula is C18H14Cl2N2O5. The second kappa shape index (κ2) is 8.28. The van der Waals surface area contributed by atoms with Crippen molar-refractivity contribution < 1.29 is 14.3 Å². The molecule has 0 radical (unpaired) electrons. The van der Waals surface area contributed by atoms with Gasteiger partial charge in [0, 0.05) is 5.02 Å². The molecule has 0 fully saturated rings. The van der Waals surface area contributed by atoms with E-state index in [-0.39, 0.29) is 24.0 Å². The number of carbonyl (C=O) groups is 1. The Morgan fingerprint density at radius 1 is 1.04 bits per heavy atom. The first-order chi connectivity index (χ1) is 13.0. The summed E-state index contributed by atoms with van der Waals surface area (Å²) < 4.78 is 11.3. The Bertz CT molecular complexity index is 1110. The van der Waals surface area contributed by atoms with Crippen molar-refractivity contribution in [1.29, 1.82) is 0 Å². The topological polar surface area (TPSA) is 90.4 Å². The van der Waals surface area contributed by atoms with Crippen molar-refractivity contribution in [2.24, 2.45) is 0 Å². The zero-order valence-corrected chi connectivity index (χ0v) is 15.4. The number of H-pyrrole nitrogens is 1. The molecule has 0 atom stereocenters. The number of esters is 1. The molecular weight excluding hydrogens is 395 g/mol. The van der Waals surface area contributed by atoms with E-state index in [4.69, 9.17) is 32.7 Å². The fourth-order valence-electron chi connectivity index (χ4n) is 2.43. The first kappa shape index (κ1) is 19.0. The third-order valence-electron chi connectivity index (χ3n) is 3.67. The van der Waals surface area contributed by atoms with Gasteiger partial charge in [0.25, 0.3) is 11.1 Å². The molecule has 3 rings (SSSR count). The van der Waals surface area contributed by atoms with Crippen molar-refractivity contribution in [3.05, 3.63) is 73.2 Å². The van der Waals surface area contributed by atoms with E-state index in [1.807, 2.05) is 0 Å². The SMILES string of the molecule is O=C(Cn1[nH]c(=O)c2ccccc2c1=O)OCCOc1ccc(Cl)cc1Cl. The monoisotopic (exact) mass is 408 g/mol. The minimum Gasteiger partial charge on any atom is -0.488 e. The molecule has 1 N–H and O–H groups in total. The van der Waals surface area contributed by atoms with Gasteiger partial charge in [-0.05, 0) is 30.3 Å². The number of hydrogen-bond acceptors (Lipinski definition) is 5. The van der Waals surface area contributed by atoms with E-state index in [0.717, 1.165) is 4.68 Å². The summed E-state index contributed by atoms with van der Waals surface area (Å²) in [5, 5.41) is 3.68. The summed E-state index contributed by atoms with van der Waals surface area (Å²) in [5.41, 5.74) is -0.940. The summed E-state index contributed by atoms with van der Waals surface area (Å²) in [6, 6.07) is 11.1. The zero-order chi connectivity index (χ0) is 19.4. The molecule has 9 heteroatoms. The maximum absolute atomic E-state index is 12.3. The normalized spacial score (nSPS) is 10.7. The minimum atomic E-state index is -0.686. The molecule has 0 aliphatic heterocycles. The maximum atomic E-state index is 12.3. The highest BCUT2D eigenvalue weighted by Gasteiger charge is 2.11. The highest BCUT2D eigenvalue weighted by molar-refractivity contribution is 6.35. The van der Waals surface area contributed by atoms with Gasteiger partial charge in [-0.2, -0.15) is 0 Å². The molecule has 2 aromatic carbocycles. The third-order valence-corrected chi connectivity index (χ3v) is 4.20. The zero-order valence-electron chi connectivity index (χ0n) is 13.9. The molecule has 3 aromatic rings. The Morgan fingerprint density at radius 2 is 1.78 bits per heavy atom. The molecule has 0 spiro atoms. The van der Waals surface area contributed by atoms with Gasteiger partial charge in [-0.25, -0.2) is 4.68 Å². The van der Waals surface area contributed by atoms with Gasteiger partial charge in [-0.1, -0.05) is 35.3 Å². The molecule has 1 aromatic heterocycles. The first-order valence-electron chi connectivity index (χ1n) is 7.91. The van der Waals surface area contributed by atoms with E-state index >= 15 is 0 Å². The van der Waals surface area contributed by atoms with Gasteiger partial charge < -0.3 is 9.47 Å². The molecule has 0 amide bonds. The predicted octanol–water partition coefficient (Wildman–Crippen LogP) is 2.62. The first-order valence-corrected chi connectivity index (χ1v) is 8.66. The molecule has 0 saturated heterocycles. The van der Waals surface area contributed by atoms with Crippen molar-refractivity contribution in [3.8, 4) is 5.75 Å². The van der Waals surface area contributed by atoms with Gasteiger partial charge in [-0.15, -0.1) is 0 Å². The van der Waals surface area contributed by atoms with E-state index in [1.165, 1.54) is 18.2 Å². The van der Waals surface area contributed by atoms with Gasteiger partial charge in [-0.3, -0.25) is 19.5 Å². The Morgan fingerprint density at radius 3 is 2.52 bits per heavy atom. The second-order valence-electron chi connectivity index (χ2n) is 5.52. The fraction of sp³-hybridized carbons (Fsp3) is 0.167. The van der Waals surface area contributed by atoms with Crippen LogP contribution in [0.5, 0.6) is 5.75 Å². The van der Waals surface area contributed by atoms with Crippen LogP contribution in [0.1, 0.15) is 0 Å². The van der Waals surface area contributed by atoms with Crippen molar-refractivity contribution in [2.45, 2.75) is 6.54 Å². The number of hydrogen-bond donors (Lipinski definition) is 1. The van der Waals surface area contributed by atoms with Gasteiger partial charge in [0.1, 0.15) is 25.5 Å². The lowest BCUT2D eigenvalue weighted by atomic mass is 10.2. The largest absolute Gasteiger partial charge is 0.488 e. The van der Waals surface area contributed by atoms with Crippen LogP contribution >= 0.6 is 23.2 Å². The number of fused-ring (bicyclic) bond motifs is 1. The smallest absolute Gasteiger partial charge is 0.327 e. The molecule has 27 heavy (non-hydrogen) atoms. The van der Waals surface area contributed by atoms with Crippen LogP contribution in [0.3, 0.4) is 0 Å². The number of ether oxygens (including phenoxy) is 2. The van der Waals surface area contributed by atoms with Crippen molar-refractivity contribution in [1.82, 2.24) is 9.78 Å². The van der Waals surface area contributed by atoms with E-state index in [0.29, 0.717) is 15.8 Å². The molecule has 0 aliphatic rings. The van der Waals surface area contributed by atoms with E-state index < -0.39 is 23.6 Å². The van der Waals surface area contributed by atoms with Crippen LogP contribution in [0.2, 0.25) is 10.0 Å². The number of nitrogens with zero attached hydrogens (tertiary/aromatic N) is 1. The molecule has 0 aliphatic carbocycles. The lowest BCUT2D eigenvalue weighted by molar-refractivity contribution is -0.145. The molecule has 0 bridgehead atoms. The van der Waals surface area contributed by atoms with Gasteiger partial charge >= 0.3 is 5.97 Å². The van der Waals surface area contributed by atoms with Gasteiger partial charge in [0.05, 0.1) is 15.8 Å². The summed E-state index contributed by atoms with van der Waals surface area (Å²) in [6.07, 6.45) is 0. The summed E-state index contributed by atoms with van der Waals surface area (Å²) in [5.74, 6) is -0.277.